The van der Waals surface area contributed by atoms with E-state index in [-0.39, 0.29) is 13.0 Å². The van der Waals surface area contributed by atoms with Crippen LogP contribution in [0.4, 0.5) is 0 Å². The molecule has 0 aromatic heterocycles. The highest BCUT2D eigenvalue weighted by molar-refractivity contribution is 5.74. The molecule has 0 unspecified atom stereocenters. The maximum absolute atomic E-state index is 11.1. The van der Waals surface area contributed by atoms with E-state index in [9.17, 15) is 9.90 Å². The van der Waals surface area contributed by atoms with Crippen molar-refractivity contribution in [2.24, 2.45) is 0 Å². The third kappa shape index (κ3) is 3.79. The van der Waals surface area contributed by atoms with Gasteiger partial charge in [0.05, 0.1) is 0 Å². The molecule has 15 heavy (non-hydrogen) atoms. The molecule has 1 atom stereocenters. The summed E-state index contributed by atoms with van der Waals surface area (Å²) in [5.41, 5.74) is 0.846. The average Bonchev–Trinajstić information content (AvgIpc) is 2.27. The maximum Gasteiger partial charge on any atom is 0.336 e. The molecule has 1 aromatic rings. The van der Waals surface area contributed by atoms with Crippen LogP contribution in [-0.2, 0) is 16.0 Å². The van der Waals surface area contributed by atoms with Crippen molar-refractivity contribution in [1.29, 1.82) is 5.26 Å². The highest BCUT2D eigenvalue weighted by atomic mass is 16.5. The molecule has 0 aliphatic rings. The van der Waals surface area contributed by atoms with Gasteiger partial charge in [-0.15, -0.1) is 0 Å². The Morgan fingerprint density at radius 2 is 2.13 bits per heavy atom. The molecule has 78 valence electrons. The van der Waals surface area contributed by atoms with E-state index in [1.54, 1.807) is 18.2 Å². The number of nitriles is 1. The van der Waals surface area contributed by atoms with Gasteiger partial charge in [0.1, 0.15) is 6.07 Å². The summed E-state index contributed by atoms with van der Waals surface area (Å²) in [4.78, 5) is 11.1. The van der Waals surface area contributed by atoms with Crippen LogP contribution in [0.5, 0.6) is 0 Å². The number of hydrogen-bond acceptors (Lipinski definition) is 4. The highest BCUT2D eigenvalue weighted by Crippen LogP contribution is 2.04. The number of hydrogen-bond donors (Lipinski definition) is 1. The Morgan fingerprint density at radius 1 is 1.47 bits per heavy atom. The highest BCUT2D eigenvalue weighted by Gasteiger charge is 2.16. The van der Waals surface area contributed by atoms with Gasteiger partial charge in [0, 0.05) is 6.42 Å². The second kappa shape index (κ2) is 5.78. The van der Waals surface area contributed by atoms with Gasteiger partial charge in [0.25, 0.3) is 0 Å². The maximum atomic E-state index is 11.1. The normalized spacial score (nSPS) is 11.5. The Morgan fingerprint density at radius 3 is 2.73 bits per heavy atom. The monoisotopic (exact) mass is 205 g/mol. The summed E-state index contributed by atoms with van der Waals surface area (Å²) < 4.78 is 4.48. The van der Waals surface area contributed by atoms with Gasteiger partial charge in [-0.2, -0.15) is 5.26 Å². The van der Waals surface area contributed by atoms with Crippen molar-refractivity contribution in [3.8, 4) is 6.07 Å². The van der Waals surface area contributed by atoms with Crippen LogP contribution in [-0.4, -0.2) is 23.8 Å². The predicted octanol–water partition coefficient (Wildman–Crippen LogP) is 0.657. The number of carbonyl (C=O) groups excluding carboxylic acids is 1. The standard InChI is InChI=1S/C11H11NO3/c12-6-7-15-11(14)10(13)8-9-4-2-1-3-5-9/h1-5,10,13H,7-8H2/t10-/m1/s1. The van der Waals surface area contributed by atoms with Crippen molar-refractivity contribution in [3.05, 3.63) is 35.9 Å². The molecule has 4 heteroatoms. The third-order valence-electron chi connectivity index (χ3n) is 1.82. The minimum absolute atomic E-state index is 0.200. The molecular weight excluding hydrogens is 194 g/mol. The fourth-order valence-electron chi connectivity index (χ4n) is 1.12. The Kier molecular flexibility index (Phi) is 4.32. The average molecular weight is 205 g/mol. The third-order valence-corrected chi connectivity index (χ3v) is 1.82. The van der Waals surface area contributed by atoms with Gasteiger partial charge in [-0.05, 0) is 5.56 Å². The van der Waals surface area contributed by atoms with Crippen molar-refractivity contribution >= 4 is 5.97 Å². The van der Waals surface area contributed by atoms with E-state index in [1.165, 1.54) is 0 Å². The summed E-state index contributed by atoms with van der Waals surface area (Å²) >= 11 is 0. The topological polar surface area (TPSA) is 70.3 Å². The van der Waals surface area contributed by atoms with Crippen LogP contribution in [0, 0.1) is 11.3 Å². The SMILES string of the molecule is N#CCOC(=O)[C@H](O)Cc1ccccc1. The molecule has 0 spiro atoms. The minimum Gasteiger partial charge on any atom is -0.448 e. The van der Waals surface area contributed by atoms with Crippen molar-refractivity contribution in [1.82, 2.24) is 0 Å². The van der Waals surface area contributed by atoms with Gasteiger partial charge in [-0.25, -0.2) is 4.79 Å². The predicted molar refractivity (Wildman–Crippen MR) is 52.7 cm³/mol. The summed E-state index contributed by atoms with van der Waals surface area (Å²) in [6.45, 7) is -0.329. The lowest BCUT2D eigenvalue weighted by molar-refractivity contribution is -0.151. The number of aliphatic hydroxyl groups excluding tert-OH is 1. The van der Waals surface area contributed by atoms with Gasteiger partial charge in [0.15, 0.2) is 12.7 Å². The van der Waals surface area contributed by atoms with Gasteiger partial charge < -0.3 is 9.84 Å². The number of aliphatic hydroxyl groups is 1. The molecule has 0 saturated heterocycles. The van der Waals surface area contributed by atoms with Gasteiger partial charge in [-0.1, -0.05) is 30.3 Å². The number of benzene rings is 1. The van der Waals surface area contributed by atoms with Crippen molar-refractivity contribution in [3.63, 3.8) is 0 Å². The quantitative estimate of drug-likeness (QED) is 0.733. The fraction of sp³-hybridized carbons (Fsp3) is 0.273. The van der Waals surface area contributed by atoms with Crippen molar-refractivity contribution in [2.45, 2.75) is 12.5 Å². The zero-order valence-corrected chi connectivity index (χ0v) is 8.09. The molecule has 0 fully saturated rings. The van der Waals surface area contributed by atoms with E-state index in [1.807, 2.05) is 18.2 Å². The van der Waals surface area contributed by atoms with Crippen LogP contribution in [0.1, 0.15) is 5.56 Å². The fourth-order valence-corrected chi connectivity index (χ4v) is 1.12. The number of rotatable bonds is 4. The van der Waals surface area contributed by atoms with Crippen molar-refractivity contribution < 1.29 is 14.6 Å². The molecule has 1 N–H and O–H groups in total. The second-order valence-corrected chi connectivity index (χ2v) is 2.97. The molecule has 1 aromatic carbocycles. The lowest BCUT2D eigenvalue weighted by atomic mass is 10.1. The molecule has 1 rings (SSSR count). The molecule has 0 saturated carbocycles. The molecule has 0 heterocycles. The Bertz CT molecular complexity index is 356. The molecule has 0 aliphatic heterocycles. The lowest BCUT2D eigenvalue weighted by Crippen LogP contribution is -2.25. The van der Waals surface area contributed by atoms with E-state index in [2.05, 4.69) is 4.74 Å². The molecule has 4 nitrogen and oxygen atoms in total. The van der Waals surface area contributed by atoms with Crippen LogP contribution in [0.2, 0.25) is 0 Å². The van der Waals surface area contributed by atoms with E-state index in [4.69, 9.17) is 5.26 Å². The smallest absolute Gasteiger partial charge is 0.336 e. The van der Waals surface area contributed by atoms with E-state index < -0.39 is 12.1 Å². The van der Waals surface area contributed by atoms with Crippen LogP contribution < -0.4 is 0 Å². The number of esters is 1. The number of nitrogens with zero attached hydrogens (tertiary/aromatic N) is 1. The van der Waals surface area contributed by atoms with E-state index in [0.717, 1.165) is 5.56 Å². The summed E-state index contributed by atoms with van der Waals surface area (Å²) in [5, 5.41) is 17.6. The zero-order chi connectivity index (χ0) is 11.1. The summed E-state index contributed by atoms with van der Waals surface area (Å²) in [6.07, 6.45) is -1.01. The number of ether oxygens (including phenoxy) is 1. The van der Waals surface area contributed by atoms with E-state index in [0.29, 0.717) is 0 Å². The Labute approximate surface area is 87.7 Å². The summed E-state index contributed by atoms with van der Waals surface area (Å²) in [6, 6.07) is 10.8. The first-order valence-electron chi connectivity index (χ1n) is 4.49. The molecule has 0 aliphatic carbocycles. The number of carbonyl (C=O) groups is 1. The molecule has 0 amide bonds. The first-order valence-corrected chi connectivity index (χ1v) is 4.49. The van der Waals surface area contributed by atoms with Crippen LogP contribution in [0.15, 0.2) is 30.3 Å². The summed E-state index contributed by atoms with van der Waals surface area (Å²) in [7, 11) is 0. The van der Waals surface area contributed by atoms with Gasteiger partial charge in [0.2, 0.25) is 0 Å². The van der Waals surface area contributed by atoms with Gasteiger partial charge >= 0.3 is 5.97 Å². The largest absolute Gasteiger partial charge is 0.448 e. The summed E-state index contributed by atoms with van der Waals surface area (Å²) in [5.74, 6) is -0.764. The molecule has 0 bridgehead atoms. The van der Waals surface area contributed by atoms with Crippen molar-refractivity contribution in [2.75, 3.05) is 6.61 Å². The zero-order valence-electron chi connectivity index (χ0n) is 8.09. The van der Waals surface area contributed by atoms with E-state index >= 15 is 0 Å². The Balaban J connectivity index is 2.46. The molecule has 0 radical (unpaired) electrons. The van der Waals surface area contributed by atoms with Crippen LogP contribution >= 0.6 is 0 Å². The first kappa shape index (κ1) is 11.2. The van der Waals surface area contributed by atoms with Gasteiger partial charge in [-0.3, -0.25) is 0 Å². The second-order valence-electron chi connectivity index (χ2n) is 2.97. The first-order chi connectivity index (χ1) is 7.24. The Hall–Kier alpha value is -1.86. The van der Waals surface area contributed by atoms with Crippen LogP contribution in [0.3, 0.4) is 0 Å². The molecular formula is C11H11NO3. The lowest BCUT2D eigenvalue weighted by Gasteiger charge is -2.08. The van der Waals surface area contributed by atoms with Crippen LogP contribution in [0.25, 0.3) is 0 Å². The minimum atomic E-state index is -1.21.